The van der Waals surface area contributed by atoms with E-state index in [2.05, 4.69) is 74.4 Å². The van der Waals surface area contributed by atoms with Gasteiger partial charge < -0.3 is 20.0 Å². The van der Waals surface area contributed by atoms with Crippen molar-refractivity contribution < 1.29 is 4.79 Å². The number of fused-ring (bicyclic) bond motifs is 1. The second kappa shape index (κ2) is 8.52. The number of likely N-dealkylation sites (tertiary alicyclic amines) is 1. The van der Waals surface area contributed by atoms with Gasteiger partial charge in [-0.1, -0.05) is 30.3 Å². The van der Waals surface area contributed by atoms with Crippen LogP contribution in [0.5, 0.6) is 0 Å². The number of anilines is 2. The molecule has 31 heavy (non-hydrogen) atoms. The van der Waals surface area contributed by atoms with E-state index in [9.17, 15) is 4.79 Å². The molecule has 6 nitrogen and oxygen atoms in total. The number of carbonyl (C=O) groups is 1. The van der Waals surface area contributed by atoms with Gasteiger partial charge in [0.2, 0.25) is 0 Å². The second-order valence-corrected chi connectivity index (χ2v) is 9.12. The van der Waals surface area contributed by atoms with Gasteiger partial charge >= 0.3 is 0 Å². The molecule has 1 N–H and O–H groups in total. The first kappa shape index (κ1) is 20.3. The number of nitrogens with zero attached hydrogens (tertiary/aromatic N) is 4. The van der Waals surface area contributed by atoms with Crippen LogP contribution >= 0.6 is 0 Å². The van der Waals surface area contributed by atoms with Gasteiger partial charge in [-0.15, -0.1) is 0 Å². The molecule has 1 amide bonds. The Morgan fingerprint density at radius 2 is 1.52 bits per heavy atom. The van der Waals surface area contributed by atoms with E-state index in [4.69, 9.17) is 0 Å². The van der Waals surface area contributed by atoms with E-state index in [1.54, 1.807) is 0 Å². The lowest BCUT2D eigenvalue weighted by molar-refractivity contribution is 0.0791. The van der Waals surface area contributed by atoms with Crippen molar-refractivity contribution in [3.05, 3.63) is 60.2 Å². The van der Waals surface area contributed by atoms with Crippen LogP contribution < -0.4 is 15.1 Å². The highest BCUT2D eigenvalue weighted by molar-refractivity contribution is 6.02. The third-order valence-electron chi connectivity index (χ3n) is 7.25. The van der Waals surface area contributed by atoms with Crippen molar-refractivity contribution in [1.29, 1.82) is 0 Å². The fourth-order valence-electron chi connectivity index (χ4n) is 5.31. The van der Waals surface area contributed by atoms with Crippen LogP contribution in [0.15, 0.2) is 54.6 Å². The Labute approximate surface area is 185 Å². The van der Waals surface area contributed by atoms with Crippen LogP contribution in [0, 0.1) is 0 Å². The average Bonchev–Trinajstić information content (AvgIpc) is 2.82. The molecule has 0 atom stereocenters. The van der Waals surface area contributed by atoms with Crippen molar-refractivity contribution in [2.45, 2.75) is 18.5 Å². The van der Waals surface area contributed by atoms with Gasteiger partial charge in [-0.05, 0) is 31.3 Å². The van der Waals surface area contributed by atoms with Crippen LogP contribution in [0.4, 0.5) is 11.4 Å². The van der Waals surface area contributed by atoms with Crippen molar-refractivity contribution in [2.75, 3.05) is 69.2 Å². The Hall–Kier alpha value is -2.57. The van der Waals surface area contributed by atoms with E-state index in [1.165, 1.54) is 5.69 Å². The zero-order valence-corrected chi connectivity index (χ0v) is 18.5. The minimum Gasteiger partial charge on any atom is -0.369 e. The number of rotatable bonds is 4. The average molecular weight is 420 g/mol. The Balaban J connectivity index is 1.29. The lowest BCUT2D eigenvalue weighted by Crippen LogP contribution is -2.68. The highest BCUT2D eigenvalue weighted by Crippen LogP contribution is 2.37. The molecular weight excluding hydrogens is 386 g/mol. The molecule has 2 aromatic rings. The molecule has 2 fully saturated rings. The summed E-state index contributed by atoms with van der Waals surface area (Å²) in [6.07, 6.45) is 1.93. The number of carbonyl (C=O) groups excluding carboxylic acids is 1. The van der Waals surface area contributed by atoms with Crippen molar-refractivity contribution >= 4 is 17.3 Å². The Morgan fingerprint density at radius 1 is 0.839 bits per heavy atom. The molecule has 3 aliphatic rings. The molecule has 0 radical (unpaired) electrons. The third-order valence-corrected chi connectivity index (χ3v) is 7.25. The van der Waals surface area contributed by atoms with Gasteiger partial charge in [0, 0.05) is 70.9 Å². The van der Waals surface area contributed by atoms with Crippen molar-refractivity contribution in [3.63, 3.8) is 0 Å². The maximum atomic E-state index is 12.9. The molecule has 3 aliphatic heterocycles. The fraction of sp³-hybridized carbons (Fsp3) is 0.480. The van der Waals surface area contributed by atoms with E-state index >= 15 is 0 Å². The maximum absolute atomic E-state index is 12.9. The van der Waals surface area contributed by atoms with E-state index in [-0.39, 0.29) is 11.6 Å². The summed E-state index contributed by atoms with van der Waals surface area (Å²) in [5, 5.41) is 3.41. The zero-order valence-electron chi connectivity index (χ0n) is 18.5. The van der Waals surface area contributed by atoms with Crippen molar-refractivity contribution in [1.82, 2.24) is 15.1 Å². The fourth-order valence-corrected chi connectivity index (χ4v) is 5.31. The predicted molar refractivity (Wildman–Crippen MR) is 126 cm³/mol. The highest BCUT2D eigenvalue weighted by atomic mass is 16.2. The van der Waals surface area contributed by atoms with Gasteiger partial charge in [0.15, 0.2) is 0 Å². The molecule has 2 saturated heterocycles. The number of benzene rings is 2. The van der Waals surface area contributed by atoms with E-state index in [0.29, 0.717) is 0 Å². The van der Waals surface area contributed by atoms with Gasteiger partial charge in [0.1, 0.15) is 5.66 Å². The van der Waals surface area contributed by atoms with Gasteiger partial charge in [0.05, 0.1) is 11.3 Å². The van der Waals surface area contributed by atoms with Gasteiger partial charge in [-0.25, -0.2) is 0 Å². The first-order valence-electron chi connectivity index (χ1n) is 11.5. The molecule has 164 valence electrons. The summed E-state index contributed by atoms with van der Waals surface area (Å²) >= 11 is 0. The molecule has 5 rings (SSSR count). The van der Waals surface area contributed by atoms with E-state index < -0.39 is 0 Å². The smallest absolute Gasteiger partial charge is 0.255 e. The number of para-hydroxylation sites is 2. The zero-order chi connectivity index (χ0) is 21.3. The van der Waals surface area contributed by atoms with Crippen molar-refractivity contribution in [3.8, 4) is 0 Å². The number of hydrogen-bond acceptors (Lipinski definition) is 5. The van der Waals surface area contributed by atoms with E-state index in [1.807, 2.05) is 12.1 Å². The lowest BCUT2D eigenvalue weighted by Gasteiger charge is -2.53. The topological polar surface area (TPSA) is 42.1 Å². The van der Waals surface area contributed by atoms with Crippen LogP contribution in [0.1, 0.15) is 23.2 Å². The number of piperidine rings is 1. The summed E-state index contributed by atoms with van der Waals surface area (Å²) in [5.74, 6) is 0.0767. The monoisotopic (exact) mass is 419 g/mol. The first-order valence-corrected chi connectivity index (χ1v) is 11.5. The maximum Gasteiger partial charge on any atom is 0.255 e. The SMILES string of the molecule is CN1CCC2(CC1)NC(=O)c1ccccc1N2CCN1CCN(c2ccccc2)CC1. The number of hydrogen-bond donors (Lipinski definition) is 1. The molecule has 6 heteroatoms. The molecule has 1 spiro atoms. The molecular formula is C25H33N5O. The summed E-state index contributed by atoms with van der Waals surface area (Å²) in [6.45, 7) is 8.25. The first-order chi connectivity index (χ1) is 15.1. The standard InChI is InChI=1S/C25H33N5O/c1-27-13-11-25(12-14-27)26-24(31)22-9-5-6-10-23(22)30(25)20-17-28-15-18-29(19-16-28)21-7-3-2-4-8-21/h2-10H,11-20H2,1H3,(H,26,31). The quantitative estimate of drug-likeness (QED) is 0.825. The highest BCUT2D eigenvalue weighted by Gasteiger charge is 2.45. The number of amides is 1. The molecule has 0 saturated carbocycles. The Morgan fingerprint density at radius 3 is 2.26 bits per heavy atom. The number of nitrogens with one attached hydrogen (secondary N) is 1. The lowest BCUT2D eigenvalue weighted by atomic mass is 9.90. The molecule has 0 aromatic heterocycles. The summed E-state index contributed by atoms with van der Waals surface area (Å²) < 4.78 is 0. The molecule has 0 bridgehead atoms. The summed E-state index contributed by atoms with van der Waals surface area (Å²) in [4.78, 5) is 22.8. The normalized spacial score (nSPS) is 21.8. The van der Waals surface area contributed by atoms with Crippen LogP contribution in [-0.2, 0) is 0 Å². The Bertz CT molecular complexity index is 901. The minimum absolute atomic E-state index is 0.0767. The third kappa shape index (κ3) is 4.02. The number of piperazine rings is 1. The van der Waals surface area contributed by atoms with Crippen LogP contribution in [0.3, 0.4) is 0 Å². The largest absolute Gasteiger partial charge is 0.369 e. The summed E-state index contributed by atoms with van der Waals surface area (Å²) in [5.41, 5.74) is 2.96. The molecule has 2 aromatic carbocycles. The van der Waals surface area contributed by atoms with Gasteiger partial charge in [0.25, 0.3) is 5.91 Å². The predicted octanol–water partition coefficient (Wildman–Crippen LogP) is 2.48. The van der Waals surface area contributed by atoms with Gasteiger partial charge in [-0.3, -0.25) is 9.69 Å². The molecule has 3 heterocycles. The van der Waals surface area contributed by atoms with Crippen LogP contribution in [-0.4, -0.2) is 80.8 Å². The van der Waals surface area contributed by atoms with Crippen molar-refractivity contribution in [2.24, 2.45) is 0 Å². The summed E-state index contributed by atoms with van der Waals surface area (Å²) in [6, 6.07) is 18.8. The van der Waals surface area contributed by atoms with Crippen LogP contribution in [0.2, 0.25) is 0 Å². The molecule has 0 unspecified atom stereocenters. The minimum atomic E-state index is -0.260. The van der Waals surface area contributed by atoms with Gasteiger partial charge in [-0.2, -0.15) is 0 Å². The second-order valence-electron chi connectivity index (χ2n) is 9.12. The Kier molecular flexibility index (Phi) is 5.59. The van der Waals surface area contributed by atoms with Crippen LogP contribution in [0.25, 0.3) is 0 Å². The summed E-state index contributed by atoms with van der Waals surface area (Å²) in [7, 11) is 2.17. The molecule has 0 aliphatic carbocycles. The van der Waals surface area contributed by atoms with E-state index in [0.717, 1.165) is 76.5 Å².